The van der Waals surface area contributed by atoms with E-state index in [9.17, 15) is 9.59 Å². The molecule has 0 aliphatic carbocycles. The number of ketones is 1. The van der Waals surface area contributed by atoms with Gasteiger partial charge in [0.15, 0.2) is 0 Å². The molecule has 0 spiro atoms. The number of carbonyl (C=O) groups is 2. The van der Waals surface area contributed by atoms with Crippen LogP contribution in [0, 0.1) is 13.8 Å². The average molecular weight is 349 g/mol. The molecule has 0 amide bonds. The molecule has 1 heterocycles. The van der Waals surface area contributed by atoms with Crippen molar-refractivity contribution in [2.75, 3.05) is 11.9 Å². The molecule has 2 aromatic rings. The van der Waals surface area contributed by atoms with E-state index < -0.39 is 12.0 Å². The summed E-state index contributed by atoms with van der Waals surface area (Å²) in [4.78, 5) is 27.8. The van der Waals surface area contributed by atoms with E-state index in [1.54, 1.807) is 39.8 Å². The summed E-state index contributed by atoms with van der Waals surface area (Å²) < 4.78 is 5.05. The summed E-state index contributed by atoms with van der Waals surface area (Å²) >= 11 is 5.96. The monoisotopic (exact) mass is 348 g/mol. The van der Waals surface area contributed by atoms with Crippen LogP contribution in [0.5, 0.6) is 0 Å². The van der Waals surface area contributed by atoms with Gasteiger partial charge in [-0.05, 0) is 51.5 Å². The van der Waals surface area contributed by atoms with Crippen molar-refractivity contribution in [3.8, 4) is 0 Å². The van der Waals surface area contributed by atoms with Crippen molar-refractivity contribution in [1.82, 2.24) is 4.98 Å². The van der Waals surface area contributed by atoms with Gasteiger partial charge in [0.2, 0.25) is 5.78 Å². The zero-order valence-electron chi connectivity index (χ0n) is 14.2. The molecule has 5 nitrogen and oxygen atoms in total. The van der Waals surface area contributed by atoms with Gasteiger partial charge in [-0.1, -0.05) is 17.7 Å². The number of carbonyl (C=O) groups excluding carboxylic acids is 2. The normalized spacial score (nSPS) is 11.9. The third-order valence-corrected chi connectivity index (χ3v) is 4.00. The Hall–Kier alpha value is -2.27. The lowest BCUT2D eigenvalue weighted by Gasteiger charge is -2.14. The third kappa shape index (κ3) is 3.79. The van der Waals surface area contributed by atoms with Gasteiger partial charge in [0.1, 0.15) is 0 Å². The van der Waals surface area contributed by atoms with Crippen LogP contribution >= 0.6 is 11.6 Å². The molecule has 0 saturated carbocycles. The van der Waals surface area contributed by atoms with Crippen LogP contribution in [0.25, 0.3) is 0 Å². The van der Waals surface area contributed by atoms with Gasteiger partial charge in [0, 0.05) is 16.4 Å². The standard InChI is InChI=1S/C18H21ClN2O3/c1-5-24-18(23)15-10(2)16(21-11(15)3)17(22)12(4)20-14-8-6-7-13(19)9-14/h6-9,12,20-21H,5H2,1-4H3. The molecule has 0 bridgehead atoms. The lowest BCUT2D eigenvalue weighted by atomic mass is 10.0. The predicted octanol–water partition coefficient (Wildman–Crippen LogP) is 4.14. The first-order valence-corrected chi connectivity index (χ1v) is 8.15. The van der Waals surface area contributed by atoms with Gasteiger partial charge in [-0.3, -0.25) is 4.79 Å². The number of Topliss-reactive ketones (excluding diaryl/α,β-unsaturated/α-hetero) is 1. The van der Waals surface area contributed by atoms with Crippen molar-refractivity contribution >= 4 is 29.0 Å². The van der Waals surface area contributed by atoms with Crippen molar-refractivity contribution in [1.29, 1.82) is 0 Å². The molecule has 1 unspecified atom stereocenters. The lowest BCUT2D eigenvalue weighted by Crippen LogP contribution is -2.27. The van der Waals surface area contributed by atoms with Crippen LogP contribution in [0.4, 0.5) is 5.69 Å². The zero-order valence-corrected chi connectivity index (χ0v) is 15.0. The van der Waals surface area contributed by atoms with Gasteiger partial charge in [-0.25, -0.2) is 4.79 Å². The molecule has 0 fully saturated rings. The fourth-order valence-electron chi connectivity index (χ4n) is 2.62. The van der Waals surface area contributed by atoms with E-state index in [0.29, 0.717) is 34.1 Å². The number of esters is 1. The minimum Gasteiger partial charge on any atom is -0.462 e. The van der Waals surface area contributed by atoms with Crippen LogP contribution in [0.3, 0.4) is 0 Å². The van der Waals surface area contributed by atoms with Crippen LogP contribution in [-0.2, 0) is 4.74 Å². The number of H-pyrrole nitrogens is 1. The van der Waals surface area contributed by atoms with E-state index in [-0.39, 0.29) is 5.78 Å². The average Bonchev–Trinajstić information content (AvgIpc) is 2.81. The number of aromatic amines is 1. The summed E-state index contributed by atoms with van der Waals surface area (Å²) in [5.74, 6) is -0.552. The largest absolute Gasteiger partial charge is 0.462 e. The van der Waals surface area contributed by atoms with Crippen LogP contribution in [0.2, 0.25) is 5.02 Å². The van der Waals surface area contributed by atoms with Crippen LogP contribution < -0.4 is 5.32 Å². The van der Waals surface area contributed by atoms with E-state index in [2.05, 4.69) is 10.3 Å². The Morgan fingerprint density at radius 2 is 2.04 bits per heavy atom. The molecule has 0 aliphatic heterocycles. The number of rotatable bonds is 6. The maximum absolute atomic E-state index is 12.7. The Bertz CT molecular complexity index is 768. The fourth-order valence-corrected chi connectivity index (χ4v) is 2.81. The maximum atomic E-state index is 12.7. The smallest absolute Gasteiger partial charge is 0.340 e. The lowest BCUT2D eigenvalue weighted by molar-refractivity contribution is 0.0525. The van der Waals surface area contributed by atoms with E-state index in [1.807, 2.05) is 12.1 Å². The summed E-state index contributed by atoms with van der Waals surface area (Å²) in [5.41, 5.74) is 2.84. The first-order valence-electron chi connectivity index (χ1n) is 7.77. The Morgan fingerprint density at radius 3 is 2.67 bits per heavy atom. The number of ether oxygens (including phenoxy) is 1. The maximum Gasteiger partial charge on any atom is 0.340 e. The third-order valence-electron chi connectivity index (χ3n) is 3.76. The van der Waals surface area contributed by atoms with Crippen molar-refractivity contribution < 1.29 is 14.3 Å². The van der Waals surface area contributed by atoms with Crippen molar-refractivity contribution in [3.05, 3.63) is 51.8 Å². The van der Waals surface area contributed by atoms with Gasteiger partial charge in [0.25, 0.3) is 0 Å². The van der Waals surface area contributed by atoms with Crippen LogP contribution in [0.15, 0.2) is 24.3 Å². The minimum absolute atomic E-state index is 0.133. The summed E-state index contributed by atoms with van der Waals surface area (Å²) in [6, 6.07) is 6.69. The first-order chi connectivity index (χ1) is 11.3. The van der Waals surface area contributed by atoms with E-state index in [4.69, 9.17) is 16.3 Å². The molecule has 0 saturated heterocycles. The zero-order chi connectivity index (χ0) is 17.9. The highest BCUT2D eigenvalue weighted by Crippen LogP contribution is 2.22. The van der Waals surface area contributed by atoms with Gasteiger partial charge < -0.3 is 15.0 Å². The van der Waals surface area contributed by atoms with Crippen molar-refractivity contribution in [3.63, 3.8) is 0 Å². The molecule has 1 aromatic carbocycles. The fraction of sp³-hybridized carbons (Fsp3) is 0.333. The van der Waals surface area contributed by atoms with Gasteiger partial charge in [0.05, 0.1) is 23.9 Å². The first kappa shape index (κ1) is 18.1. The molecule has 1 aromatic heterocycles. The van der Waals surface area contributed by atoms with Crippen LogP contribution in [-0.4, -0.2) is 29.4 Å². The van der Waals surface area contributed by atoms with Gasteiger partial charge >= 0.3 is 5.97 Å². The molecule has 24 heavy (non-hydrogen) atoms. The summed E-state index contributed by atoms with van der Waals surface area (Å²) in [6.45, 7) is 7.31. The predicted molar refractivity (Wildman–Crippen MR) is 95.1 cm³/mol. The summed E-state index contributed by atoms with van der Waals surface area (Å²) in [6.07, 6.45) is 0. The highest BCUT2D eigenvalue weighted by Gasteiger charge is 2.25. The second-order valence-corrected chi connectivity index (χ2v) is 6.02. The molecular formula is C18H21ClN2O3. The number of hydrogen-bond donors (Lipinski definition) is 2. The Kier molecular flexibility index (Phi) is 5.67. The number of hydrogen-bond acceptors (Lipinski definition) is 4. The molecule has 2 N–H and O–H groups in total. The Morgan fingerprint density at radius 1 is 1.33 bits per heavy atom. The van der Waals surface area contributed by atoms with Gasteiger partial charge in [-0.2, -0.15) is 0 Å². The second kappa shape index (κ2) is 7.53. The van der Waals surface area contributed by atoms with Gasteiger partial charge in [-0.15, -0.1) is 0 Å². The topological polar surface area (TPSA) is 71.2 Å². The van der Waals surface area contributed by atoms with Crippen molar-refractivity contribution in [2.45, 2.75) is 33.7 Å². The molecular weight excluding hydrogens is 328 g/mol. The quantitative estimate of drug-likeness (QED) is 0.607. The summed E-state index contributed by atoms with van der Waals surface area (Å²) in [5, 5.41) is 3.71. The van der Waals surface area contributed by atoms with E-state index in [1.165, 1.54) is 0 Å². The summed E-state index contributed by atoms with van der Waals surface area (Å²) in [7, 11) is 0. The number of benzene rings is 1. The molecule has 0 radical (unpaired) electrons. The molecule has 2 rings (SSSR count). The van der Waals surface area contributed by atoms with Crippen LogP contribution in [0.1, 0.15) is 46.0 Å². The number of nitrogens with one attached hydrogen (secondary N) is 2. The van der Waals surface area contributed by atoms with Crippen molar-refractivity contribution in [2.24, 2.45) is 0 Å². The highest BCUT2D eigenvalue weighted by molar-refractivity contribution is 6.30. The molecule has 128 valence electrons. The number of aryl methyl sites for hydroxylation is 1. The highest BCUT2D eigenvalue weighted by atomic mass is 35.5. The van der Waals surface area contributed by atoms with E-state index in [0.717, 1.165) is 5.69 Å². The van der Waals surface area contributed by atoms with E-state index >= 15 is 0 Å². The number of anilines is 1. The molecule has 0 aliphatic rings. The molecule has 1 atom stereocenters. The Labute approximate surface area is 146 Å². The second-order valence-electron chi connectivity index (χ2n) is 5.59. The molecule has 6 heteroatoms. The number of halogens is 1. The minimum atomic E-state index is -0.477. The number of aromatic nitrogens is 1. The SMILES string of the molecule is CCOC(=O)c1c(C)[nH]c(C(=O)C(C)Nc2cccc(Cl)c2)c1C. The Balaban J connectivity index is 2.23.